The van der Waals surface area contributed by atoms with E-state index in [4.69, 9.17) is 5.11 Å². The highest BCUT2D eigenvalue weighted by atomic mass is 32.1. The third-order valence-corrected chi connectivity index (χ3v) is 4.63. The monoisotopic (exact) mass is 294 g/mol. The van der Waals surface area contributed by atoms with Crippen molar-refractivity contribution in [2.75, 3.05) is 32.8 Å². The van der Waals surface area contributed by atoms with Gasteiger partial charge in [-0.3, -0.25) is 9.69 Å². The van der Waals surface area contributed by atoms with Crippen molar-refractivity contribution in [2.45, 2.75) is 19.4 Å². The van der Waals surface area contributed by atoms with Crippen LogP contribution in [0.15, 0.2) is 24.1 Å². The Labute approximate surface area is 124 Å². The Bertz CT molecular complexity index is 458. The van der Waals surface area contributed by atoms with E-state index in [1.165, 1.54) is 10.4 Å². The summed E-state index contributed by atoms with van der Waals surface area (Å²) in [5.74, 6) is 0.203. The summed E-state index contributed by atoms with van der Waals surface area (Å²) in [6, 6.07) is 2.12. The van der Waals surface area contributed by atoms with Gasteiger partial charge >= 0.3 is 0 Å². The van der Waals surface area contributed by atoms with E-state index in [1.54, 1.807) is 17.4 Å². The Morgan fingerprint density at radius 2 is 2.40 bits per heavy atom. The molecule has 0 aromatic carbocycles. The fraction of sp³-hybridized carbons (Fsp3) is 0.533. The van der Waals surface area contributed by atoms with Crippen LogP contribution in [0.3, 0.4) is 0 Å². The number of aliphatic hydroxyl groups is 1. The van der Waals surface area contributed by atoms with Gasteiger partial charge in [-0.25, -0.2) is 0 Å². The largest absolute Gasteiger partial charge is 0.395 e. The Hall–Kier alpha value is -1.17. The lowest BCUT2D eigenvalue weighted by Crippen LogP contribution is -2.38. The van der Waals surface area contributed by atoms with Gasteiger partial charge in [0, 0.05) is 44.0 Å². The summed E-state index contributed by atoms with van der Waals surface area (Å²) >= 11 is 1.79. The number of rotatable bonds is 7. The van der Waals surface area contributed by atoms with E-state index in [1.807, 2.05) is 9.80 Å². The smallest absolute Gasteiger partial charge is 0.224 e. The molecule has 0 aliphatic carbocycles. The van der Waals surface area contributed by atoms with Crippen LogP contribution >= 0.6 is 11.3 Å². The van der Waals surface area contributed by atoms with Crippen molar-refractivity contribution < 1.29 is 9.90 Å². The predicted octanol–water partition coefficient (Wildman–Crippen LogP) is 1.50. The number of thiophene rings is 1. The number of carbonyl (C=O) groups excluding carboxylic acids is 1. The summed E-state index contributed by atoms with van der Waals surface area (Å²) in [5.41, 5.74) is 1.30. The van der Waals surface area contributed by atoms with Crippen molar-refractivity contribution in [3.63, 3.8) is 0 Å². The van der Waals surface area contributed by atoms with Crippen molar-refractivity contribution in [2.24, 2.45) is 0 Å². The Morgan fingerprint density at radius 1 is 1.55 bits per heavy atom. The van der Waals surface area contributed by atoms with Gasteiger partial charge in [0.2, 0.25) is 5.91 Å². The second-order valence-electron chi connectivity index (χ2n) is 5.00. The molecule has 5 heteroatoms. The van der Waals surface area contributed by atoms with Crippen LogP contribution in [0.5, 0.6) is 0 Å². The first kappa shape index (κ1) is 15.2. The molecule has 2 rings (SSSR count). The highest BCUT2D eigenvalue weighted by molar-refractivity contribution is 7.10. The predicted molar refractivity (Wildman–Crippen MR) is 81.8 cm³/mol. The zero-order valence-corrected chi connectivity index (χ0v) is 12.6. The molecule has 4 nitrogen and oxygen atoms in total. The average Bonchev–Trinajstić information content (AvgIpc) is 2.92. The highest BCUT2D eigenvalue weighted by Gasteiger charge is 2.21. The number of carbonyl (C=O) groups is 1. The van der Waals surface area contributed by atoms with Crippen molar-refractivity contribution >= 4 is 17.2 Å². The highest BCUT2D eigenvalue weighted by Crippen LogP contribution is 2.24. The lowest BCUT2D eigenvalue weighted by molar-refractivity contribution is -0.132. The second-order valence-corrected chi connectivity index (χ2v) is 6.00. The maximum absolute atomic E-state index is 12.3. The maximum Gasteiger partial charge on any atom is 0.224 e. The Kier molecular flexibility index (Phi) is 5.76. The minimum atomic E-state index is 0.115. The fourth-order valence-corrected chi connectivity index (χ4v) is 3.38. The van der Waals surface area contributed by atoms with Crippen LogP contribution in [0, 0.1) is 0 Å². The van der Waals surface area contributed by atoms with Crippen LogP contribution in [-0.4, -0.2) is 53.6 Å². The summed E-state index contributed by atoms with van der Waals surface area (Å²) in [5, 5.41) is 11.1. The lowest BCUT2D eigenvalue weighted by atomic mass is 10.1. The second kappa shape index (κ2) is 7.57. The zero-order chi connectivity index (χ0) is 14.4. The topological polar surface area (TPSA) is 43.8 Å². The molecule has 1 aromatic rings. The summed E-state index contributed by atoms with van der Waals surface area (Å²) in [4.78, 5) is 17.7. The molecule has 0 spiro atoms. The van der Waals surface area contributed by atoms with E-state index in [0.29, 0.717) is 26.1 Å². The third-order valence-electron chi connectivity index (χ3n) is 3.61. The van der Waals surface area contributed by atoms with Crippen LogP contribution in [0.2, 0.25) is 0 Å². The van der Waals surface area contributed by atoms with Gasteiger partial charge in [-0.15, -0.1) is 17.9 Å². The minimum Gasteiger partial charge on any atom is -0.395 e. The zero-order valence-electron chi connectivity index (χ0n) is 11.8. The molecule has 1 N–H and O–H groups in total. The first-order valence-electron chi connectivity index (χ1n) is 7.01. The van der Waals surface area contributed by atoms with E-state index in [0.717, 1.165) is 19.5 Å². The normalized spacial score (nSPS) is 14.4. The quantitative estimate of drug-likeness (QED) is 0.775. The van der Waals surface area contributed by atoms with Gasteiger partial charge < -0.3 is 10.0 Å². The molecule has 0 unspecified atom stereocenters. The van der Waals surface area contributed by atoms with Crippen molar-refractivity contribution in [3.8, 4) is 0 Å². The van der Waals surface area contributed by atoms with Crippen LogP contribution in [0.4, 0.5) is 0 Å². The third kappa shape index (κ3) is 3.91. The summed E-state index contributed by atoms with van der Waals surface area (Å²) < 4.78 is 0. The van der Waals surface area contributed by atoms with Crippen molar-refractivity contribution in [1.29, 1.82) is 0 Å². The van der Waals surface area contributed by atoms with Crippen LogP contribution in [-0.2, 0) is 17.8 Å². The molecule has 0 bridgehead atoms. The minimum absolute atomic E-state index is 0.115. The van der Waals surface area contributed by atoms with Crippen molar-refractivity contribution in [3.05, 3.63) is 34.5 Å². The van der Waals surface area contributed by atoms with E-state index in [2.05, 4.69) is 18.0 Å². The van der Waals surface area contributed by atoms with Gasteiger partial charge in [-0.05, 0) is 23.4 Å². The molecule has 110 valence electrons. The molecule has 0 radical (unpaired) electrons. The van der Waals surface area contributed by atoms with Crippen LogP contribution in [0.1, 0.15) is 16.9 Å². The first-order chi connectivity index (χ1) is 9.74. The first-order valence-corrected chi connectivity index (χ1v) is 7.89. The Balaban J connectivity index is 1.82. The standard InChI is InChI=1S/C15H22N2O2S/c1-2-6-16(9-10-18)7-4-15(19)17-8-3-14-13(12-17)5-11-20-14/h2,5,11,18H,1,3-4,6-10,12H2. The molecule has 2 heterocycles. The van der Waals surface area contributed by atoms with Gasteiger partial charge in [0.1, 0.15) is 0 Å². The van der Waals surface area contributed by atoms with E-state index < -0.39 is 0 Å². The molecule has 1 aromatic heterocycles. The number of amides is 1. The van der Waals surface area contributed by atoms with E-state index in [-0.39, 0.29) is 12.5 Å². The van der Waals surface area contributed by atoms with Crippen molar-refractivity contribution in [1.82, 2.24) is 9.80 Å². The lowest BCUT2D eigenvalue weighted by Gasteiger charge is -2.28. The SMILES string of the molecule is C=CCN(CCO)CCC(=O)N1CCc2sccc2C1. The summed E-state index contributed by atoms with van der Waals surface area (Å²) in [6.45, 7) is 7.37. The van der Waals surface area contributed by atoms with Gasteiger partial charge in [0.15, 0.2) is 0 Å². The van der Waals surface area contributed by atoms with Gasteiger partial charge in [-0.2, -0.15) is 0 Å². The molecule has 0 saturated heterocycles. The number of hydrogen-bond donors (Lipinski definition) is 1. The van der Waals surface area contributed by atoms with Crippen LogP contribution in [0.25, 0.3) is 0 Å². The molecule has 0 fully saturated rings. The number of fused-ring (bicyclic) bond motifs is 1. The Morgan fingerprint density at radius 3 is 3.15 bits per heavy atom. The maximum atomic E-state index is 12.3. The van der Waals surface area contributed by atoms with Gasteiger partial charge in [0.05, 0.1) is 6.61 Å². The average molecular weight is 294 g/mol. The molecule has 1 amide bonds. The van der Waals surface area contributed by atoms with E-state index >= 15 is 0 Å². The fourth-order valence-electron chi connectivity index (χ4n) is 2.49. The molecule has 0 atom stereocenters. The summed E-state index contributed by atoms with van der Waals surface area (Å²) in [6.07, 6.45) is 3.29. The van der Waals surface area contributed by atoms with Gasteiger partial charge in [-0.1, -0.05) is 6.08 Å². The van der Waals surface area contributed by atoms with E-state index in [9.17, 15) is 4.79 Å². The van der Waals surface area contributed by atoms with Gasteiger partial charge in [0.25, 0.3) is 0 Å². The number of nitrogens with zero attached hydrogens (tertiary/aromatic N) is 2. The molecule has 20 heavy (non-hydrogen) atoms. The molecular formula is C15H22N2O2S. The molecular weight excluding hydrogens is 272 g/mol. The number of aliphatic hydroxyl groups excluding tert-OH is 1. The number of hydrogen-bond acceptors (Lipinski definition) is 4. The van der Waals surface area contributed by atoms with Crippen LogP contribution < -0.4 is 0 Å². The molecule has 1 aliphatic heterocycles. The molecule has 0 saturated carbocycles. The summed E-state index contributed by atoms with van der Waals surface area (Å²) in [7, 11) is 0. The molecule has 1 aliphatic rings.